The molecule has 0 saturated heterocycles. The standard InChI is InChI=1S/C14H10N2O/c17-13-9-15-12-8-4-7-11(14(12)16-13)10-5-2-1-3-6-10/h1-9H,(H,16,17). The molecule has 17 heavy (non-hydrogen) atoms. The topological polar surface area (TPSA) is 45.8 Å². The second kappa shape index (κ2) is 3.87. The summed E-state index contributed by atoms with van der Waals surface area (Å²) in [7, 11) is 0. The van der Waals surface area contributed by atoms with Crippen LogP contribution in [0.25, 0.3) is 22.2 Å². The van der Waals surface area contributed by atoms with Crippen LogP contribution in [-0.4, -0.2) is 9.97 Å². The van der Waals surface area contributed by atoms with Gasteiger partial charge in [-0.25, -0.2) is 4.98 Å². The van der Waals surface area contributed by atoms with E-state index in [0.29, 0.717) is 0 Å². The van der Waals surface area contributed by atoms with Gasteiger partial charge < -0.3 is 4.98 Å². The molecular formula is C14H10N2O. The van der Waals surface area contributed by atoms with Crippen molar-refractivity contribution in [3.63, 3.8) is 0 Å². The highest BCUT2D eigenvalue weighted by molar-refractivity contribution is 5.91. The number of hydrogen-bond donors (Lipinski definition) is 1. The summed E-state index contributed by atoms with van der Waals surface area (Å²) in [5, 5.41) is 0. The van der Waals surface area contributed by atoms with Crippen molar-refractivity contribution in [1.29, 1.82) is 0 Å². The molecular weight excluding hydrogens is 212 g/mol. The van der Waals surface area contributed by atoms with Gasteiger partial charge in [-0.05, 0) is 11.6 Å². The zero-order valence-corrected chi connectivity index (χ0v) is 9.05. The minimum atomic E-state index is -0.180. The van der Waals surface area contributed by atoms with Crippen LogP contribution in [0.5, 0.6) is 0 Å². The maximum absolute atomic E-state index is 11.3. The van der Waals surface area contributed by atoms with Gasteiger partial charge in [0.25, 0.3) is 5.56 Å². The first-order valence-electron chi connectivity index (χ1n) is 5.38. The predicted molar refractivity (Wildman–Crippen MR) is 67.8 cm³/mol. The van der Waals surface area contributed by atoms with Gasteiger partial charge in [-0.3, -0.25) is 4.79 Å². The minimum absolute atomic E-state index is 0.180. The highest BCUT2D eigenvalue weighted by Gasteiger charge is 2.04. The average Bonchev–Trinajstić information content (AvgIpc) is 2.39. The first-order chi connectivity index (χ1) is 8.34. The number of para-hydroxylation sites is 1. The molecule has 2 aromatic carbocycles. The van der Waals surface area contributed by atoms with Crippen LogP contribution in [0.3, 0.4) is 0 Å². The summed E-state index contributed by atoms with van der Waals surface area (Å²) >= 11 is 0. The molecule has 0 atom stereocenters. The highest BCUT2D eigenvalue weighted by atomic mass is 16.1. The van der Waals surface area contributed by atoms with Gasteiger partial charge in [-0.15, -0.1) is 0 Å². The Labute approximate surface area is 97.8 Å². The molecule has 0 unspecified atom stereocenters. The first kappa shape index (κ1) is 9.78. The van der Waals surface area contributed by atoms with Crippen LogP contribution < -0.4 is 5.56 Å². The summed E-state index contributed by atoms with van der Waals surface area (Å²) in [6.07, 6.45) is 1.30. The van der Waals surface area contributed by atoms with E-state index < -0.39 is 0 Å². The number of benzene rings is 2. The Morgan fingerprint density at radius 1 is 0.941 bits per heavy atom. The van der Waals surface area contributed by atoms with Crippen molar-refractivity contribution in [1.82, 2.24) is 9.97 Å². The van der Waals surface area contributed by atoms with Crippen LogP contribution in [0, 0.1) is 0 Å². The molecule has 0 saturated carbocycles. The van der Waals surface area contributed by atoms with E-state index in [4.69, 9.17) is 0 Å². The van der Waals surface area contributed by atoms with Crippen LogP contribution in [0.4, 0.5) is 0 Å². The third-order valence-electron chi connectivity index (χ3n) is 2.70. The van der Waals surface area contributed by atoms with Crippen molar-refractivity contribution in [3.8, 4) is 11.1 Å². The molecule has 82 valence electrons. The van der Waals surface area contributed by atoms with Gasteiger partial charge in [-0.2, -0.15) is 0 Å². The maximum Gasteiger partial charge on any atom is 0.266 e. The fraction of sp³-hybridized carbons (Fsp3) is 0. The van der Waals surface area contributed by atoms with Crippen LogP contribution in [0.2, 0.25) is 0 Å². The zero-order chi connectivity index (χ0) is 11.7. The van der Waals surface area contributed by atoms with Crippen molar-refractivity contribution >= 4 is 11.0 Å². The molecule has 0 aliphatic carbocycles. The second-order valence-corrected chi connectivity index (χ2v) is 3.81. The Bertz CT molecular complexity index is 717. The number of nitrogens with zero attached hydrogens (tertiary/aromatic N) is 1. The monoisotopic (exact) mass is 222 g/mol. The van der Waals surface area contributed by atoms with E-state index in [-0.39, 0.29) is 5.56 Å². The molecule has 0 amide bonds. The summed E-state index contributed by atoms with van der Waals surface area (Å²) in [4.78, 5) is 18.3. The zero-order valence-electron chi connectivity index (χ0n) is 9.05. The number of aromatic nitrogens is 2. The quantitative estimate of drug-likeness (QED) is 0.687. The lowest BCUT2D eigenvalue weighted by atomic mass is 10.0. The molecule has 0 bridgehead atoms. The molecule has 0 fully saturated rings. The Morgan fingerprint density at radius 2 is 1.76 bits per heavy atom. The van der Waals surface area contributed by atoms with E-state index in [1.54, 1.807) is 0 Å². The molecule has 0 radical (unpaired) electrons. The van der Waals surface area contributed by atoms with Crippen molar-refractivity contribution < 1.29 is 0 Å². The number of H-pyrrole nitrogens is 1. The molecule has 3 heteroatoms. The molecule has 3 nitrogen and oxygen atoms in total. The first-order valence-corrected chi connectivity index (χ1v) is 5.38. The van der Waals surface area contributed by atoms with E-state index in [0.717, 1.165) is 22.2 Å². The molecule has 1 N–H and O–H groups in total. The van der Waals surface area contributed by atoms with E-state index in [1.165, 1.54) is 6.20 Å². The van der Waals surface area contributed by atoms with Crippen LogP contribution in [-0.2, 0) is 0 Å². The fourth-order valence-corrected chi connectivity index (χ4v) is 1.92. The summed E-state index contributed by atoms with van der Waals surface area (Å²) < 4.78 is 0. The van der Waals surface area contributed by atoms with Gasteiger partial charge in [-0.1, -0.05) is 42.5 Å². The smallest absolute Gasteiger partial charge is 0.266 e. The van der Waals surface area contributed by atoms with Crippen molar-refractivity contribution in [2.24, 2.45) is 0 Å². The summed E-state index contributed by atoms with van der Waals surface area (Å²) in [6, 6.07) is 15.8. The largest absolute Gasteiger partial charge is 0.319 e. The Balaban J connectivity index is 2.37. The van der Waals surface area contributed by atoms with E-state index in [1.807, 2.05) is 48.5 Å². The lowest BCUT2D eigenvalue weighted by Gasteiger charge is -2.05. The van der Waals surface area contributed by atoms with Crippen molar-refractivity contribution in [2.75, 3.05) is 0 Å². The van der Waals surface area contributed by atoms with Gasteiger partial charge >= 0.3 is 0 Å². The summed E-state index contributed by atoms with van der Waals surface area (Å²) in [5.74, 6) is 0. The number of aromatic amines is 1. The van der Waals surface area contributed by atoms with Gasteiger partial charge in [0.15, 0.2) is 0 Å². The van der Waals surface area contributed by atoms with Gasteiger partial charge in [0, 0.05) is 5.56 Å². The average molecular weight is 222 g/mol. The number of rotatable bonds is 1. The third kappa shape index (κ3) is 1.72. The van der Waals surface area contributed by atoms with Crippen molar-refractivity contribution in [3.05, 3.63) is 65.1 Å². The van der Waals surface area contributed by atoms with Crippen LogP contribution in [0.1, 0.15) is 0 Å². The minimum Gasteiger partial charge on any atom is -0.319 e. The third-order valence-corrected chi connectivity index (χ3v) is 2.70. The van der Waals surface area contributed by atoms with E-state index >= 15 is 0 Å². The molecule has 3 aromatic rings. The Morgan fingerprint density at radius 3 is 2.59 bits per heavy atom. The number of fused-ring (bicyclic) bond motifs is 1. The van der Waals surface area contributed by atoms with Crippen LogP contribution in [0.15, 0.2) is 59.5 Å². The highest BCUT2D eigenvalue weighted by Crippen LogP contribution is 2.24. The van der Waals surface area contributed by atoms with Gasteiger partial charge in [0.2, 0.25) is 0 Å². The number of nitrogens with one attached hydrogen (secondary N) is 1. The van der Waals surface area contributed by atoms with Gasteiger partial charge in [0.05, 0.1) is 17.2 Å². The Kier molecular flexibility index (Phi) is 2.22. The van der Waals surface area contributed by atoms with Crippen LogP contribution >= 0.6 is 0 Å². The molecule has 1 aromatic heterocycles. The predicted octanol–water partition coefficient (Wildman–Crippen LogP) is 2.59. The maximum atomic E-state index is 11.3. The fourth-order valence-electron chi connectivity index (χ4n) is 1.92. The van der Waals surface area contributed by atoms with Gasteiger partial charge in [0.1, 0.15) is 0 Å². The second-order valence-electron chi connectivity index (χ2n) is 3.81. The SMILES string of the molecule is O=c1cnc2cccc(-c3ccccc3)c2[nH]1. The van der Waals surface area contributed by atoms with E-state index in [9.17, 15) is 4.79 Å². The van der Waals surface area contributed by atoms with E-state index in [2.05, 4.69) is 9.97 Å². The summed E-state index contributed by atoms with van der Waals surface area (Å²) in [5.41, 5.74) is 3.47. The lowest BCUT2D eigenvalue weighted by molar-refractivity contribution is 1.22. The number of hydrogen-bond acceptors (Lipinski definition) is 2. The molecule has 0 aliphatic heterocycles. The Hall–Kier alpha value is -2.42. The normalized spacial score (nSPS) is 10.6. The molecule has 0 spiro atoms. The molecule has 3 rings (SSSR count). The molecule has 0 aliphatic rings. The van der Waals surface area contributed by atoms with Crippen molar-refractivity contribution in [2.45, 2.75) is 0 Å². The lowest BCUT2D eigenvalue weighted by Crippen LogP contribution is -2.05. The molecule has 1 heterocycles. The summed E-state index contributed by atoms with van der Waals surface area (Å²) in [6.45, 7) is 0.